The van der Waals surface area contributed by atoms with Crippen LogP contribution < -0.4 is 5.32 Å². The van der Waals surface area contributed by atoms with E-state index in [1.54, 1.807) is 12.1 Å². The third kappa shape index (κ3) is 3.18. The SMILES string of the molecule is CN1CCCC1CNCc1c(F)cccc1Cl. The molecule has 0 saturated carbocycles. The van der Waals surface area contributed by atoms with Gasteiger partial charge in [0.15, 0.2) is 0 Å². The van der Waals surface area contributed by atoms with Crippen LogP contribution in [0.5, 0.6) is 0 Å². The summed E-state index contributed by atoms with van der Waals surface area (Å²) in [5, 5.41) is 3.79. The number of benzene rings is 1. The zero-order valence-electron chi connectivity index (χ0n) is 10.0. The minimum atomic E-state index is -0.232. The van der Waals surface area contributed by atoms with Crippen LogP contribution in [0, 0.1) is 5.82 Å². The molecular weight excluding hydrogens is 239 g/mol. The van der Waals surface area contributed by atoms with Gasteiger partial charge in [0.05, 0.1) is 0 Å². The molecule has 1 unspecified atom stereocenters. The molecule has 0 aromatic heterocycles. The van der Waals surface area contributed by atoms with Crippen LogP contribution in [0.25, 0.3) is 0 Å². The zero-order valence-corrected chi connectivity index (χ0v) is 10.8. The summed E-state index contributed by atoms with van der Waals surface area (Å²) in [7, 11) is 2.13. The van der Waals surface area contributed by atoms with Crippen LogP contribution in [0.1, 0.15) is 18.4 Å². The first-order chi connectivity index (χ1) is 8.18. The molecule has 1 heterocycles. The lowest BCUT2D eigenvalue weighted by molar-refractivity contribution is 0.300. The predicted molar refractivity (Wildman–Crippen MR) is 68.8 cm³/mol. The molecule has 1 fully saturated rings. The minimum absolute atomic E-state index is 0.232. The monoisotopic (exact) mass is 256 g/mol. The van der Waals surface area contributed by atoms with Crippen LogP contribution in [0.4, 0.5) is 4.39 Å². The number of nitrogens with one attached hydrogen (secondary N) is 1. The number of hydrogen-bond donors (Lipinski definition) is 1. The number of hydrogen-bond acceptors (Lipinski definition) is 2. The molecule has 4 heteroatoms. The molecule has 0 radical (unpaired) electrons. The summed E-state index contributed by atoms with van der Waals surface area (Å²) < 4.78 is 13.5. The Labute approximate surface area is 107 Å². The smallest absolute Gasteiger partial charge is 0.129 e. The van der Waals surface area contributed by atoms with Gasteiger partial charge in [-0.1, -0.05) is 17.7 Å². The fraction of sp³-hybridized carbons (Fsp3) is 0.538. The maximum atomic E-state index is 13.5. The quantitative estimate of drug-likeness (QED) is 0.891. The third-order valence-electron chi connectivity index (χ3n) is 3.41. The predicted octanol–water partition coefficient (Wildman–Crippen LogP) is 2.66. The van der Waals surface area contributed by atoms with E-state index in [0.29, 0.717) is 23.2 Å². The van der Waals surface area contributed by atoms with Crippen molar-refractivity contribution in [1.82, 2.24) is 10.2 Å². The van der Waals surface area contributed by atoms with Crippen LogP contribution in [0.3, 0.4) is 0 Å². The van der Waals surface area contributed by atoms with Gasteiger partial charge in [0.25, 0.3) is 0 Å². The second kappa shape index (κ2) is 5.80. The number of likely N-dealkylation sites (tertiary alicyclic amines) is 1. The van der Waals surface area contributed by atoms with E-state index in [1.165, 1.54) is 18.9 Å². The molecule has 0 spiro atoms. The minimum Gasteiger partial charge on any atom is -0.311 e. The van der Waals surface area contributed by atoms with Crippen molar-refractivity contribution in [2.24, 2.45) is 0 Å². The fourth-order valence-corrected chi connectivity index (χ4v) is 2.53. The summed E-state index contributed by atoms with van der Waals surface area (Å²) in [5.41, 5.74) is 0.565. The van der Waals surface area contributed by atoms with Gasteiger partial charge in [-0.15, -0.1) is 0 Å². The van der Waals surface area contributed by atoms with Gasteiger partial charge < -0.3 is 10.2 Å². The van der Waals surface area contributed by atoms with Gasteiger partial charge in [-0.2, -0.15) is 0 Å². The highest BCUT2D eigenvalue weighted by Crippen LogP contribution is 2.19. The number of rotatable bonds is 4. The normalized spacial score (nSPS) is 21.0. The van der Waals surface area contributed by atoms with E-state index in [-0.39, 0.29) is 5.82 Å². The molecule has 1 aromatic rings. The largest absolute Gasteiger partial charge is 0.311 e. The maximum absolute atomic E-state index is 13.5. The zero-order chi connectivity index (χ0) is 12.3. The van der Waals surface area contributed by atoms with E-state index < -0.39 is 0 Å². The number of nitrogens with zero attached hydrogens (tertiary/aromatic N) is 1. The molecule has 2 nitrogen and oxygen atoms in total. The Bertz CT molecular complexity index is 363. The summed E-state index contributed by atoms with van der Waals surface area (Å²) in [6.07, 6.45) is 2.47. The van der Waals surface area contributed by atoms with Crippen molar-refractivity contribution in [3.8, 4) is 0 Å². The van der Waals surface area contributed by atoms with Crippen molar-refractivity contribution < 1.29 is 4.39 Å². The van der Waals surface area contributed by atoms with E-state index in [1.807, 2.05) is 0 Å². The molecule has 1 aromatic carbocycles. The standard InChI is InChI=1S/C13H18ClFN2/c1-17-7-3-4-10(17)8-16-9-11-12(14)5-2-6-13(11)15/h2,5-6,10,16H,3-4,7-9H2,1H3. The van der Waals surface area contributed by atoms with Gasteiger partial charge in [-0.05, 0) is 38.6 Å². The third-order valence-corrected chi connectivity index (χ3v) is 3.77. The molecule has 17 heavy (non-hydrogen) atoms. The summed E-state index contributed by atoms with van der Waals surface area (Å²) in [5.74, 6) is -0.232. The average molecular weight is 257 g/mol. The highest BCUT2D eigenvalue weighted by atomic mass is 35.5. The van der Waals surface area contributed by atoms with Crippen LogP contribution in [-0.2, 0) is 6.54 Å². The molecule has 0 aliphatic carbocycles. The first kappa shape index (κ1) is 12.8. The first-order valence-corrected chi connectivity index (χ1v) is 6.40. The van der Waals surface area contributed by atoms with Crippen molar-refractivity contribution in [2.45, 2.75) is 25.4 Å². The van der Waals surface area contributed by atoms with Crippen molar-refractivity contribution in [3.63, 3.8) is 0 Å². The molecule has 1 N–H and O–H groups in total. The molecular formula is C13H18ClFN2. The van der Waals surface area contributed by atoms with Gasteiger partial charge in [0, 0.05) is 29.7 Å². The fourth-order valence-electron chi connectivity index (χ4n) is 2.30. The summed E-state index contributed by atoms with van der Waals surface area (Å²) >= 11 is 5.96. The van der Waals surface area contributed by atoms with Gasteiger partial charge in [0.1, 0.15) is 5.82 Å². The molecule has 1 aliphatic rings. The van der Waals surface area contributed by atoms with E-state index in [9.17, 15) is 4.39 Å². The van der Waals surface area contributed by atoms with E-state index in [2.05, 4.69) is 17.3 Å². The van der Waals surface area contributed by atoms with E-state index in [4.69, 9.17) is 11.6 Å². The Balaban J connectivity index is 1.86. The topological polar surface area (TPSA) is 15.3 Å². The van der Waals surface area contributed by atoms with E-state index in [0.717, 1.165) is 13.1 Å². The lowest BCUT2D eigenvalue weighted by atomic mass is 10.2. The Hall–Kier alpha value is -0.640. The number of likely N-dealkylation sites (N-methyl/N-ethyl adjacent to an activating group) is 1. The van der Waals surface area contributed by atoms with Crippen LogP contribution >= 0.6 is 11.6 Å². The molecule has 94 valence electrons. The lowest BCUT2D eigenvalue weighted by Gasteiger charge is -2.20. The maximum Gasteiger partial charge on any atom is 0.129 e. The van der Waals surface area contributed by atoms with Gasteiger partial charge in [0.2, 0.25) is 0 Å². The Kier molecular flexibility index (Phi) is 4.37. The van der Waals surface area contributed by atoms with Gasteiger partial charge in [-0.25, -0.2) is 4.39 Å². The van der Waals surface area contributed by atoms with Gasteiger partial charge >= 0.3 is 0 Å². The van der Waals surface area contributed by atoms with E-state index >= 15 is 0 Å². The molecule has 1 saturated heterocycles. The average Bonchev–Trinajstić information content (AvgIpc) is 2.69. The van der Waals surface area contributed by atoms with Crippen molar-refractivity contribution in [2.75, 3.05) is 20.1 Å². The van der Waals surface area contributed by atoms with Crippen LogP contribution in [0.2, 0.25) is 5.02 Å². The highest BCUT2D eigenvalue weighted by Gasteiger charge is 2.20. The lowest BCUT2D eigenvalue weighted by Crippen LogP contribution is -2.35. The van der Waals surface area contributed by atoms with Gasteiger partial charge in [-0.3, -0.25) is 0 Å². The number of halogens is 2. The summed E-state index contributed by atoms with van der Waals surface area (Å²) in [6, 6.07) is 5.38. The first-order valence-electron chi connectivity index (χ1n) is 6.02. The van der Waals surface area contributed by atoms with Crippen molar-refractivity contribution in [3.05, 3.63) is 34.6 Å². The molecule has 2 rings (SSSR count). The Morgan fingerprint density at radius 3 is 3.00 bits per heavy atom. The Morgan fingerprint density at radius 1 is 1.53 bits per heavy atom. The van der Waals surface area contributed by atoms with Crippen molar-refractivity contribution in [1.29, 1.82) is 0 Å². The second-order valence-electron chi connectivity index (χ2n) is 4.61. The second-order valence-corrected chi connectivity index (χ2v) is 5.01. The molecule has 0 bridgehead atoms. The Morgan fingerprint density at radius 2 is 2.35 bits per heavy atom. The summed E-state index contributed by atoms with van der Waals surface area (Å²) in [6.45, 7) is 2.55. The van der Waals surface area contributed by atoms with Crippen LogP contribution in [-0.4, -0.2) is 31.1 Å². The highest BCUT2D eigenvalue weighted by molar-refractivity contribution is 6.31. The molecule has 1 aliphatic heterocycles. The summed E-state index contributed by atoms with van der Waals surface area (Å²) in [4.78, 5) is 2.34. The van der Waals surface area contributed by atoms with Crippen molar-refractivity contribution >= 4 is 11.6 Å². The molecule has 1 atom stereocenters. The molecule has 0 amide bonds. The van der Waals surface area contributed by atoms with Crippen LogP contribution in [0.15, 0.2) is 18.2 Å².